The molecule has 0 aromatic carbocycles. The van der Waals surface area contributed by atoms with Gasteiger partial charge in [-0.15, -0.1) is 0 Å². The quantitative estimate of drug-likeness (QED) is 0.462. The van der Waals surface area contributed by atoms with Crippen LogP contribution in [0, 0.1) is 5.41 Å². The number of amidine groups is 1. The lowest BCUT2D eigenvalue weighted by molar-refractivity contribution is 0.257. The number of unbranched alkanes of at least 4 members (excludes halogenated alkanes) is 1. The highest BCUT2D eigenvalue weighted by atomic mass is 15.2. The van der Waals surface area contributed by atoms with Crippen LogP contribution in [0.1, 0.15) is 45.4 Å². The maximum atomic E-state index is 7.16. The molecular weight excluding hydrogens is 174 g/mol. The van der Waals surface area contributed by atoms with Crippen LogP contribution in [-0.2, 0) is 0 Å². The van der Waals surface area contributed by atoms with Crippen LogP contribution >= 0.6 is 0 Å². The third-order valence-electron chi connectivity index (χ3n) is 2.75. The molecule has 0 unspecified atom stereocenters. The van der Waals surface area contributed by atoms with Gasteiger partial charge in [-0.2, -0.15) is 0 Å². The lowest BCUT2D eigenvalue weighted by Crippen LogP contribution is -2.29. The van der Waals surface area contributed by atoms with Crippen LogP contribution in [0.15, 0.2) is 0 Å². The molecule has 14 heavy (non-hydrogen) atoms. The van der Waals surface area contributed by atoms with Gasteiger partial charge in [-0.3, -0.25) is 5.41 Å². The van der Waals surface area contributed by atoms with Crippen LogP contribution in [0.4, 0.5) is 0 Å². The Morgan fingerprint density at radius 3 is 2.50 bits per heavy atom. The molecule has 0 radical (unpaired) electrons. The number of nitrogens with zero attached hydrogens (tertiary/aromatic N) is 1. The minimum atomic E-state index is 0.330. The summed E-state index contributed by atoms with van der Waals surface area (Å²) in [6.45, 7) is 4.60. The maximum absolute atomic E-state index is 7.16. The molecule has 3 nitrogen and oxygen atoms in total. The third kappa shape index (κ3) is 4.61. The normalized spacial score (nSPS) is 16.1. The molecular formula is C11H23N3. The minimum absolute atomic E-state index is 0.330. The lowest BCUT2D eigenvalue weighted by Gasteiger charge is -2.21. The highest BCUT2D eigenvalue weighted by Crippen LogP contribution is 2.27. The zero-order valence-corrected chi connectivity index (χ0v) is 9.26. The van der Waals surface area contributed by atoms with Gasteiger partial charge in [0.05, 0.1) is 5.84 Å². The average Bonchev–Trinajstić information content (AvgIpc) is 2.93. The summed E-state index contributed by atoms with van der Waals surface area (Å²) in [5.41, 5.74) is 5.34. The fourth-order valence-electron chi connectivity index (χ4n) is 1.75. The number of nitrogens with two attached hydrogens (primary N) is 1. The van der Waals surface area contributed by atoms with Gasteiger partial charge >= 0.3 is 0 Å². The van der Waals surface area contributed by atoms with Crippen molar-refractivity contribution in [1.29, 1.82) is 5.41 Å². The molecule has 1 aliphatic rings. The van der Waals surface area contributed by atoms with Crippen molar-refractivity contribution in [2.45, 2.75) is 51.5 Å². The molecule has 3 N–H and O–H groups in total. The van der Waals surface area contributed by atoms with Crippen molar-refractivity contribution in [2.24, 2.45) is 5.73 Å². The smallest absolute Gasteiger partial charge is 0.0905 e. The van der Waals surface area contributed by atoms with Crippen molar-refractivity contribution in [3.63, 3.8) is 0 Å². The van der Waals surface area contributed by atoms with Gasteiger partial charge in [-0.25, -0.2) is 0 Å². The third-order valence-corrected chi connectivity index (χ3v) is 2.75. The number of hydrogen-bond acceptors (Lipinski definition) is 2. The highest BCUT2D eigenvalue weighted by Gasteiger charge is 2.27. The van der Waals surface area contributed by atoms with Crippen LogP contribution in [-0.4, -0.2) is 29.9 Å². The van der Waals surface area contributed by atoms with Crippen LogP contribution in [0.2, 0.25) is 0 Å². The number of nitrogens with one attached hydrogen (secondary N) is 1. The second-order valence-corrected chi connectivity index (χ2v) is 4.25. The fraction of sp³-hybridized carbons (Fsp3) is 0.909. The molecule has 0 amide bonds. The molecule has 0 aromatic heterocycles. The van der Waals surface area contributed by atoms with Crippen LogP contribution in [0.3, 0.4) is 0 Å². The van der Waals surface area contributed by atoms with E-state index in [9.17, 15) is 0 Å². The molecule has 0 atom stereocenters. The van der Waals surface area contributed by atoms with E-state index in [-0.39, 0.29) is 0 Å². The van der Waals surface area contributed by atoms with Gasteiger partial charge in [0.25, 0.3) is 0 Å². The molecule has 3 heteroatoms. The Morgan fingerprint density at radius 2 is 2.00 bits per heavy atom. The van der Waals surface area contributed by atoms with Gasteiger partial charge in [-0.1, -0.05) is 13.3 Å². The van der Waals surface area contributed by atoms with Gasteiger partial charge in [0.2, 0.25) is 0 Å². The van der Waals surface area contributed by atoms with Crippen LogP contribution < -0.4 is 5.73 Å². The molecule has 1 saturated carbocycles. The molecule has 0 aliphatic heterocycles. The SMILES string of the molecule is CCCCN(CCCC(=N)N)C1CC1. The first-order chi connectivity index (χ1) is 6.74. The molecule has 0 saturated heterocycles. The van der Waals surface area contributed by atoms with Crippen molar-refractivity contribution < 1.29 is 0 Å². The van der Waals surface area contributed by atoms with Gasteiger partial charge in [0.1, 0.15) is 0 Å². The lowest BCUT2D eigenvalue weighted by atomic mass is 10.2. The molecule has 1 fully saturated rings. The molecule has 82 valence electrons. The summed E-state index contributed by atoms with van der Waals surface area (Å²) in [5, 5.41) is 7.16. The molecule has 0 spiro atoms. The Labute approximate surface area is 87.2 Å². The minimum Gasteiger partial charge on any atom is -0.388 e. The summed E-state index contributed by atoms with van der Waals surface area (Å²) in [6.07, 6.45) is 7.14. The summed E-state index contributed by atoms with van der Waals surface area (Å²) < 4.78 is 0. The average molecular weight is 197 g/mol. The number of rotatable bonds is 8. The molecule has 0 bridgehead atoms. The predicted octanol–water partition coefficient (Wildman–Crippen LogP) is 1.97. The summed E-state index contributed by atoms with van der Waals surface area (Å²) in [7, 11) is 0. The van der Waals surface area contributed by atoms with E-state index in [1.807, 2.05) is 0 Å². The first-order valence-electron chi connectivity index (χ1n) is 5.81. The summed E-state index contributed by atoms with van der Waals surface area (Å²) in [6, 6.07) is 0.855. The van der Waals surface area contributed by atoms with Crippen molar-refractivity contribution in [3.05, 3.63) is 0 Å². The van der Waals surface area contributed by atoms with Crippen molar-refractivity contribution >= 4 is 5.84 Å². The molecule has 1 aliphatic carbocycles. The summed E-state index contributed by atoms with van der Waals surface area (Å²) >= 11 is 0. The summed E-state index contributed by atoms with van der Waals surface area (Å²) in [5.74, 6) is 0.330. The zero-order chi connectivity index (χ0) is 10.4. The topological polar surface area (TPSA) is 53.1 Å². The first kappa shape index (κ1) is 11.5. The van der Waals surface area contributed by atoms with E-state index >= 15 is 0 Å². The van der Waals surface area contributed by atoms with Gasteiger partial charge in [0, 0.05) is 12.5 Å². The fourth-order valence-corrected chi connectivity index (χ4v) is 1.75. The standard InChI is InChI=1S/C11H23N3/c1-2-3-8-14(10-6-7-10)9-4-5-11(12)13/h10H,2-9H2,1H3,(H3,12,13). The summed E-state index contributed by atoms with van der Waals surface area (Å²) in [4.78, 5) is 2.58. The molecule has 1 rings (SSSR count). The maximum Gasteiger partial charge on any atom is 0.0905 e. The van der Waals surface area contributed by atoms with E-state index in [0.29, 0.717) is 5.84 Å². The second-order valence-electron chi connectivity index (χ2n) is 4.25. The second kappa shape index (κ2) is 6.02. The van der Waals surface area contributed by atoms with Crippen LogP contribution in [0.25, 0.3) is 0 Å². The highest BCUT2D eigenvalue weighted by molar-refractivity contribution is 5.76. The van der Waals surface area contributed by atoms with E-state index < -0.39 is 0 Å². The van der Waals surface area contributed by atoms with Crippen molar-refractivity contribution in [2.75, 3.05) is 13.1 Å². The van der Waals surface area contributed by atoms with E-state index in [1.54, 1.807) is 0 Å². The van der Waals surface area contributed by atoms with E-state index in [4.69, 9.17) is 11.1 Å². The number of hydrogen-bond donors (Lipinski definition) is 2. The Bertz CT molecular complexity index is 175. The molecule has 0 aromatic rings. The van der Waals surface area contributed by atoms with Gasteiger partial charge < -0.3 is 10.6 Å². The van der Waals surface area contributed by atoms with E-state index in [2.05, 4.69) is 11.8 Å². The Kier molecular flexibility index (Phi) is 4.94. The van der Waals surface area contributed by atoms with E-state index in [1.165, 1.54) is 32.2 Å². The van der Waals surface area contributed by atoms with Gasteiger partial charge in [0.15, 0.2) is 0 Å². The first-order valence-corrected chi connectivity index (χ1v) is 5.81. The monoisotopic (exact) mass is 197 g/mol. The van der Waals surface area contributed by atoms with Crippen molar-refractivity contribution in [3.8, 4) is 0 Å². The molecule has 0 heterocycles. The van der Waals surface area contributed by atoms with Crippen LogP contribution in [0.5, 0.6) is 0 Å². The Balaban J connectivity index is 2.11. The Morgan fingerprint density at radius 1 is 1.36 bits per heavy atom. The zero-order valence-electron chi connectivity index (χ0n) is 9.26. The Hall–Kier alpha value is -0.570. The predicted molar refractivity (Wildman–Crippen MR) is 60.7 cm³/mol. The van der Waals surface area contributed by atoms with Gasteiger partial charge in [-0.05, 0) is 38.8 Å². The van der Waals surface area contributed by atoms with Crippen molar-refractivity contribution in [1.82, 2.24) is 4.90 Å². The largest absolute Gasteiger partial charge is 0.388 e. The van der Waals surface area contributed by atoms with E-state index in [0.717, 1.165) is 25.4 Å².